The highest BCUT2D eigenvalue weighted by Gasteiger charge is 2.17. The number of carbonyl (C=O) groups is 1. The lowest BCUT2D eigenvalue weighted by Crippen LogP contribution is -2.27. The summed E-state index contributed by atoms with van der Waals surface area (Å²) in [5.41, 5.74) is 5.40. The molecule has 0 saturated carbocycles. The van der Waals surface area contributed by atoms with Crippen LogP contribution in [0.5, 0.6) is 0 Å². The van der Waals surface area contributed by atoms with Crippen molar-refractivity contribution in [1.29, 1.82) is 0 Å². The number of fused-ring (bicyclic) bond motifs is 1. The molecular formula is C25H31N5O2. The predicted molar refractivity (Wildman–Crippen MR) is 131 cm³/mol. The minimum atomic E-state index is -0.311. The van der Waals surface area contributed by atoms with Gasteiger partial charge in [0.05, 0.1) is 5.52 Å². The maximum Gasteiger partial charge on any atom is 0.327 e. The Morgan fingerprint density at radius 3 is 2.72 bits per heavy atom. The Balaban J connectivity index is 1.98. The average molecular weight is 434 g/mol. The third-order valence-corrected chi connectivity index (χ3v) is 5.46. The Bertz CT molecular complexity index is 1230. The minimum Gasteiger partial charge on any atom is -0.308 e. The average Bonchev–Trinajstić information content (AvgIpc) is 3.10. The molecule has 0 spiro atoms. The van der Waals surface area contributed by atoms with E-state index in [2.05, 4.69) is 20.6 Å². The predicted octanol–water partition coefficient (Wildman–Crippen LogP) is 5.66. The molecule has 32 heavy (non-hydrogen) atoms. The van der Waals surface area contributed by atoms with Crippen LogP contribution in [0.1, 0.15) is 52.1 Å². The molecule has 0 aliphatic carbocycles. The smallest absolute Gasteiger partial charge is 0.308 e. The molecule has 1 aromatic carbocycles. The third kappa shape index (κ3) is 4.82. The van der Waals surface area contributed by atoms with Crippen molar-refractivity contribution in [2.24, 2.45) is 0 Å². The van der Waals surface area contributed by atoms with E-state index in [0.717, 1.165) is 35.2 Å². The Hall–Kier alpha value is -3.61. The molecule has 7 nitrogen and oxygen atoms in total. The molecule has 168 valence electrons. The third-order valence-electron chi connectivity index (χ3n) is 5.46. The van der Waals surface area contributed by atoms with Crippen molar-refractivity contribution >= 4 is 22.9 Å². The molecule has 0 fully saturated rings. The molecule has 3 rings (SSSR count). The van der Waals surface area contributed by atoms with Crippen molar-refractivity contribution in [3.05, 3.63) is 70.4 Å². The van der Waals surface area contributed by atoms with E-state index < -0.39 is 0 Å². The molecule has 3 N–H and O–H groups in total. The summed E-state index contributed by atoms with van der Waals surface area (Å²) in [6, 6.07) is 7.35. The summed E-state index contributed by atoms with van der Waals surface area (Å²) < 4.78 is 1.70. The van der Waals surface area contributed by atoms with Gasteiger partial charge in [0, 0.05) is 29.2 Å². The molecule has 3 aromatic rings. The van der Waals surface area contributed by atoms with Crippen molar-refractivity contribution in [1.82, 2.24) is 19.9 Å². The number of benzene rings is 1. The topological polar surface area (TPSA) is 91.8 Å². The number of H-pyrrole nitrogens is 1. The second-order valence-corrected chi connectivity index (χ2v) is 7.79. The molecule has 0 radical (unpaired) electrons. The first kappa shape index (κ1) is 23.1. The van der Waals surface area contributed by atoms with Crippen molar-refractivity contribution in [2.75, 3.05) is 5.32 Å². The van der Waals surface area contributed by atoms with Crippen LogP contribution in [0.15, 0.2) is 59.2 Å². The number of aromatic nitrogens is 3. The summed E-state index contributed by atoms with van der Waals surface area (Å²) in [6.45, 7) is 9.98. The Morgan fingerprint density at radius 1 is 1.25 bits per heavy atom. The van der Waals surface area contributed by atoms with Crippen LogP contribution in [0.4, 0.5) is 10.5 Å². The summed E-state index contributed by atoms with van der Waals surface area (Å²) >= 11 is 0. The fourth-order valence-corrected chi connectivity index (χ4v) is 3.68. The number of pyridine rings is 1. The molecule has 2 amide bonds. The van der Waals surface area contributed by atoms with Crippen molar-refractivity contribution in [2.45, 2.75) is 53.5 Å². The van der Waals surface area contributed by atoms with Gasteiger partial charge in [0.15, 0.2) is 5.65 Å². The first-order chi connectivity index (χ1) is 15.4. The van der Waals surface area contributed by atoms with Gasteiger partial charge in [-0.2, -0.15) is 0 Å². The standard InChI is InChI=1S/C25H31N5O2/c1-6-9-18(10-7-2)27-24(31)28-19-12-11-16(4)21(15-19)20-13-14-26-23-22(20)29-25(32)30(23)17(5)8-3/h6,9-15,17H,7-8H2,1-5H3,(H,29,32)(H2,27,28,31)/b9-6-,18-10+. The van der Waals surface area contributed by atoms with E-state index in [0.29, 0.717) is 16.9 Å². The summed E-state index contributed by atoms with van der Waals surface area (Å²) in [5.74, 6) is 0. The van der Waals surface area contributed by atoms with E-state index >= 15 is 0 Å². The van der Waals surface area contributed by atoms with Crippen molar-refractivity contribution in [3.8, 4) is 11.1 Å². The van der Waals surface area contributed by atoms with Gasteiger partial charge in [-0.15, -0.1) is 0 Å². The number of imidazole rings is 1. The van der Waals surface area contributed by atoms with Crippen LogP contribution < -0.4 is 16.3 Å². The zero-order valence-corrected chi connectivity index (χ0v) is 19.3. The number of hydrogen-bond donors (Lipinski definition) is 3. The fraction of sp³-hybridized carbons (Fsp3) is 0.320. The van der Waals surface area contributed by atoms with E-state index in [1.165, 1.54) is 0 Å². The van der Waals surface area contributed by atoms with Crippen LogP contribution in [-0.4, -0.2) is 20.6 Å². The zero-order valence-electron chi connectivity index (χ0n) is 19.3. The molecular weight excluding hydrogens is 402 g/mol. The number of aromatic amines is 1. The highest BCUT2D eigenvalue weighted by molar-refractivity contribution is 5.94. The second kappa shape index (κ2) is 10.1. The van der Waals surface area contributed by atoms with Crippen LogP contribution in [0.3, 0.4) is 0 Å². The molecule has 7 heteroatoms. The monoisotopic (exact) mass is 433 g/mol. The van der Waals surface area contributed by atoms with Gasteiger partial charge in [-0.3, -0.25) is 4.57 Å². The van der Waals surface area contributed by atoms with Gasteiger partial charge in [0.1, 0.15) is 0 Å². The molecule has 2 heterocycles. The lowest BCUT2D eigenvalue weighted by atomic mass is 10.00. The summed E-state index contributed by atoms with van der Waals surface area (Å²) in [7, 11) is 0. The molecule has 0 saturated heterocycles. The van der Waals surface area contributed by atoms with Crippen molar-refractivity contribution < 1.29 is 4.79 Å². The first-order valence-corrected chi connectivity index (χ1v) is 11.0. The first-order valence-electron chi connectivity index (χ1n) is 11.0. The Kier molecular flexibility index (Phi) is 7.30. The number of allylic oxidation sites excluding steroid dienone is 3. The fourth-order valence-electron chi connectivity index (χ4n) is 3.68. The molecule has 0 aliphatic rings. The van der Waals surface area contributed by atoms with Gasteiger partial charge < -0.3 is 15.6 Å². The zero-order chi connectivity index (χ0) is 23.3. The van der Waals surface area contributed by atoms with Gasteiger partial charge in [-0.1, -0.05) is 32.1 Å². The maximum atomic E-state index is 12.6. The number of aryl methyl sites for hydroxylation is 1. The van der Waals surface area contributed by atoms with Gasteiger partial charge in [-0.25, -0.2) is 14.6 Å². The number of carbonyl (C=O) groups excluding carboxylic acids is 1. The number of rotatable bonds is 7. The number of amides is 2. The van der Waals surface area contributed by atoms with Crippen LogP contribution in [0.2, 0.25) is 0 Å². The van der Waals surface area contributed by atoms with Crippen LogP contribution >= 0.6 is 0 Å². The van der Waals surface area contributed by atoms with E-state index in [4.69, 9.17) is 0 Å². The molecule has 0 bridgehead atoms. The minimum absolute atomic E-state index is 0.0411. The number of hydrogen-bond acceptors (Lipinski definition) is 3. The van der Waals surface area contributed by atoms with E-state index in [1.54, 1.807) is 10.8 Å². The lowest BCUT2D eigenvalue weighted by Gasteiger charge is -2.13. The van der Waals surface area contributed by atoms with Crippen molar-refractivity contribution in [3.63, 3.8) is 0 Å². The Labute approximate surface area is 188 Å². The number of nitrogens with zero attached hydrogens (tertiary/aromatic N) is 2. The van der Waals surface area contributed by atoms with Crippen LogP contribution in [0.25, 0.3) is 22.3 Å². The van der Waals surface area contributed by atoms with E-state index in [9.17, 15) is 9.59 Å². The maximum absolute atomic E-state index is 12.6. The molecule has 2 aromatic heterocycles. The lowest BCUT2D eigenvalue weighted by molar-refractivity contribution is 0.254. The van der Waals surface area contributed by atoms with Crippen LogP contribution in [-0.2, 0) is 0 Å². The van der Waals surface area contributed by atoms with Gasteiger partial charge in [-0.05, 0) is 69.0 Å². The van der Waals surface area contributed by atoms with Crippen LogP contribution in [0, 0.1) is 6.92 Å². The summed E-state index contributed by atoms with van der Waals surface area (Å²) in [4.78, 5) is 32.6. The van der Waals surface area contributed by atoms with E-state index in [-0.39, 0.29) is 17.8 Å². The normalized spacial score (nSPS) is 13.0. The van der Waals surface area contributed by atoms with Gasteiger partial charge >= 0.3 is 11.7 Å². The highest BCUT2D eigenvalue weighted by Crippen LogP contribution is 2.31. The van der Waals surface area contributed by atoms with Gasteiger partial charge in [0.2, 0.25) is 0 Å². The Morgan fingerprint density at radius 2 is 2.03 bits per heavy atom. The van der Waals surface area contributed by atoms with Gasteiger partial charge in [0.25, 0.3) is 0 Å². The molecule has 1 unspecified atom stereocenters. The summed E-state index contributed by atoms with van der Waals surface area (Å²) in [6.07, 6.45) is 9.05. The quantitative estimate of drug-likeness (QED) is 0.420. The SMILES string of the molecule is C/C=C\C(=C/CC)NC(=O)Nc1ccc(C)c(-c2ccnc3c2[nH]c(=O)n3C(C)CC)c1. The number of anilines is 1. The van der Waals surface area contributed by atoms with E-state index in [1.807, 2.05) is 77.1 Å². The number of urea groups is 1. The summed E-state index contributed by atoms with van der Waals surface area (Å²) in [5, 5.41) is 5.77. The molecule has 1 atom stereocenters. The largest absolute Gasteiger partial charge is 0.327 e. The highest BCUT2D eigenvalue weighted by atomic mass is 16.2. The number of nitrogens with one attached hydrogen (secondary N) is 3. The second-order valence-electron chi connectivity index (χ2n) is 7.79. The molecule has 0 aliphatic heterocycles.